The number of ether oxygens (including phenoxy) is 1. The molecule has 1 aliphatic heterocycles. The molecule has 36 heavy (non-hydrogen) atoms. The average molecular weight is 529 g/mol. The van der Waals surface area contributed by atoms with Crippen molar-refractivity contribution in [1.82, 2.24) is 14.5 Å². The topological polar surface area (TPSA) is 73.4 Å². The van der Waals surface area contributed by atoms with Crippen molar-refractivity contribution in [3.8, 4) is 17.0 Å². The lowest BCUT2D eigenvalue weighted by Crippen LogP contribution is -2.52. The van der Waals surface area contributed by atoms with Gasteiger partial charge in [0, 0.05) is 35.9 Å². The highest BCUT2D eigenvalue weighted by molar-refractivity contribution is 8.77. The largest absolute Gasteiger partial charge is 0.496 e. The van der Waals surface area contributed by atoms with E-state index in [4.69, 9.17) is 15.5 Å². The Morgan fingerprint density at radius 1 is 1.08 bits per heavy atom. The first-order valence-electron chi connectivity index (χ1n) is 13.7. The van der Waals surface area contributed by atoms with Crippen molar-refractivity contribution in [2.45, 2.75) is 88.1 Å². The Bertz CT molecular complexity index is 1020. The molecule has 2 saturated carbocycles. The molecule has 2 N–H and O–H groups in total. The van der Waals surface area contributed by atoms with Gasteiger partial charge in [0.2, 0.25) is 5.91 Å². The van der Waals surface area contributed by atoms with Crippen LogP contribution in [-0.4, -0.2) is 51.1 Å². The summed E-state index contributed by atoms with van der Waals surface area (Å²) in [5.41, 5.74) is 8.45. The first kappa shape index (κ1) is 26.0. The van der Waals surface area contributed by atoms with Crippen molar-refractivity contribution in [2.24, 2.45) is 11.7 Å². The quantitative estimate of drug-likeness (QED) is 0.420. The molecular weight excluding hydrogens is 488 g/mol. The molecule has 0 unspecified atom stereocenters. The van der Waals surface area contributed by atoms with E-state index in [9.17, 15) is 4.79 Å². The molecular formula is C28H40N4O2S2. The number of imidazole rings is 1. The molecule has 1 amide bonds. The standard InChI is InChI=1S/C28H40N4O2S2/c1-34-25-15-9-8-14-22(25)24-18-31-16-17-32(26(27(31)30-24)20-10-4-2-5-11-20)28(33)23(29)19-35-36-21-12-6-3-7-13-21/h8-9,14-15,18,20-21,23,26H,2-7,10-13,16-17,19,29H2,1H3/t23-,26-/m0/s1. The van der Waals surface area contributed by atoms with Crippen molar-refractivity contribution in [1.29, 1.82) is 0 Å². The van der Waals surface area contributed by atoms with Crippen LogP contribution >= 0.6 is 21.6 Å². The van der Waals surface area contributed by atoms with Crippen LogP contribution in [0.15, 0.2) is 30.5 Å². The van der Waals surface area contributed by atoms with Crippen molar-refractivity contribution in [3.63, 3.8) is 0 Å². The number of hydrogen-bond donors (Lipinski definition) is 1. The van der Waals surface area contributed by atoms with Crippen LogP contribution < -0.4 is 10.5 Å². The highest BCUT2D eigenvalue weighted by Gasteiger charge is 2.40. The SMILES string of the molecule is COc1ccccc1-c1cn2c(n1)[C@H](C1CCCCC1)N(C(=O)[C@@H](N)CSSC1CCCCC1)CC2. The second-order valence-corrected chi connectivity index (χ2v) is 13.2. The highest BCUT2D eigenvalue weighted by atomic mass is 33.1. The van der Waals surface area contributed by atoms with Crippen LogP contribution in [0.25, 0.3) is 11.3 Å². The Labute approximate surface area is 223 Å². The van der Waals surface area contributed by atoms with Gasteiger partial charge in [-0.05, 0) is 43.7 Å². The number of methoxy groups -OCH3 is 1. The summed E-state index contributed by atoms with van der Waals surface area (Å²) in [6.07, 6.45) is 14.8. The number of nitrogens with two attached hydrogens (primary N) is 1. The predicted octanol–water partition coefficient (Wildman–Crippen LogP) is 6.06. The molecule has 2 fully saturated rings. The van der Waals surface area contributed by atoms with Gasteiger partial charge in [0.25, 0.3) is 0 Å². The summed E-state index contributed by atoms with van der Waals surface area (Å²) < 4.78 is 7.88. The van der Waals surface area contributed by atoms with E-state index < -0.39 is 6.04 Å². The first-order valence-corrected chi connectivity index (χ1v) is 16.1. The highest BCUT2D eigenvalue weighted by Crippen LogP contribution is 2.42. The Balaban J connectivity index is 1.34. The van der Waals surface area contributed by atoms with E-state index in [1.54, 1.807) is 17.9 Å². The summed E-state index contributed by atoms with van der Waals surface area (Å²) in [4.78, 5) is 21.0. The summed E-state index contributed by atoms with van der Waals surface area (Å²) in [5, 5.41) is 0.719. The van der Waals surface area contributed by atoms with Crippen LogP contribution in [0.1, 0.15) is 76.1 Å². The van der Waals surface area contributed by atoms with E-state index in [0.717, 1.165) is 47.5 Å². The van der Waals surface area contributed by atoms with E-state index >= 15 is 0 Å². The summed E-state index contributed by atoms with van der Waals surface area (Å²) in [6, 6.07) is 7.57. The molecule has 2 atom stereocenters. The molecule has 196 valence electrons. The number of carbonyl (C=O) groups excluding carboxylic acids is 1. The van der Waals surface area contributed by atoms with E-state index in [1.807, 2.05) is 29.0 Å². The fourth-order valence-corrected chi connectivity index (χ4v) is 9.06. The molecule has 0 radical (unpaired) electrons. The van der Waals surface area contributed by atoms with Gasteiger partial charge in [0.1, 0.15) is 11.6 Å². The molecule has 0 spiro atoms. The molecule has 1 aromatic carbocycles. The van der Waals surface area contributed by atoms with Gasteiger partial charge in [-0.15, -0.1) is 0 Å². The molecule has 2 aromatic rings. The van der Waals surface area contributed by atoms with Crippen molar-refractivity contribution < 1.29 is 9.53 Å². The van der Waals surface area contributed by atoms with Crippen molar-refractivity contribution in [3.05, 3.63) is 36.3 Å². The lowest BCUT2D eigenvalue weighted by Gasteiger charge is -2.42. The summed E-state index contributed by atoms with van der Waals surface area (Å²) in [6.45, 7) is 1.45. The van der Waals surface area contributed by atoms with Crippen LogP contribution in [0, 0.1) is 5.92 Å². The zero-order valence-corrected chi connectivity index (χ0v) is 23.1. The number of rotatable bonds is 8. The van der Waals surface area contributed by atoms with Gasteiger partial charge in [-0.2, -0.15) is 0 Å². The van der Waals surface area contributed by atoms with Gasteiger partial charge in [0.15, 0.2) is 0 Å². The maximum atomic E-state index is 13.7. The zero-order valence-electron chi connectivity index (χ0n) is 21.4. The summed E-state index contributed by atoms with van der Waals surface area (Å²) >= 11 is 0. The van der Waals surface area contributed by atoms with E-state index in [0.29, 0.717) is 18.2 Å². The molecule has 1 aromatic heterocycles. The van der Waals surface area contributed by atoms with Crippen molar-refractivity contribution in [2.75, 3.05) is 19.4 Å². The van der Waals surface area contributed by atoms with Crippen molar-refractivity contribution >= 4 is 27.5 Å². The molecule has 8 heteroatoms. The normalized spacial score (nSPS) is 22.3. The lowest BCUT2D eigenvalue weighted by atomic mass is 9.82. The van der Waals surface area contributed by atoms with Gasteiger partial charge < -0.3 is 19.9 Å². The van der Waals surface area contributed by atoms with Crippen LogP contribution in [0.2, 0.25) is 0 Å². The van der Waals surface area contributed by atoms with E-state index in [-0.39, 0.29) is 11.9 Å². The maximum Gasteiger partial charge on any atom is 0.241 e. The van der Waals surface area contributed by atoms with Gasteiger partial charge in [-0.25, -0.2) is 4.98 Å². The third kappa shape index (κ3) is 5.76. The Morgan fingerprint density at radius 3 is 2.56 bits per heavy atom. The first-order chi connectivity index (χ1) is 17.7. The fraction of sp³-hybridized carbons (Fsp3) is 0.643. The lowest BCUT2D eigenvalue weighted by molar-refractivity contribution is -0.137. The second-order valence-electron chi connectivity index (χ2n) is 10.5. The number of fused-ring (bicyclic) bond motifs is 1. The molecule has 0 saturated heterocycles. The zero-order chi connectivity index (χ0) is 24.9. The second kappa shape index (κ2) is 12.3. The minimum atomic E-state index is -0.465. The molecule has 5 rings (SSSR count). The van der Waals surface area contributed by atoms with Crippen LogP contribution in [0.5, 0.6) is 5.75 Å². The Morgan fingerprint density at radius 2 is 1.81 bits per heavy atom. The number of benzene rings is 1. The minimum absolute atomic E-state index is 0.00273. The molecule has 2 aliphatic carbocycles. The summed E-state index contributed by atoms with van der Waals surface area (Å²) in [7, 11) is 5.45. The third-order valence-electron chi connectivity index (χ3n) is 8.07. The molecule has 3 aliphatic rings. The molecule has 6 nitrogen and oxygen atoms in total. The molecule has 0 bridgehead atoms. The van der Waals surface area contributed by atoms with Gasteiger partial charge in [-0.3, -0.25) is 4.79 Å². The number of para-hydroxylation sites is 1. The number of nitrogens with zero attached hydrogens (tertiary/aromatic N) is 3. The van der Waals surface area contributed by atoms with Gasteiger partial charge in [0.05, 0.1) is 24.9 Å². The fourth-order valence-electron chi connectivity index (χ4n) is 6.14. The van der Waals surface area contributed by atoms with Crippen LogP contribution in [0.3, 0.4) is 0 Å². The number of hydrogen-bond acceptors (Lipinski definition) is 6. The maximum absolute atomic E-state index is 13.7. The number of carbonyl (C=O) groups is 1. The van der Waals surface area contributed by atoms with E-state index in [1.165, 1.54) is 51.4 Å². The number of aromatic nitrogens is 2. The third-order valence-corrected chi connectivity index (χ3v) is 11.1. The Hall–Kier alpha value is -1.64. The molecule has 2 heterocycles. The Kier molecular flexibility index (Phi) is 8.86. The van der Waals surface area contributed by atoms with Crippen LogP contribution in [0.4, 0.5) is 0 Å². The smallest absolute Gasteiger partial charge is 0.241 e. The minimum Gasteiger partial charge on any atom is -0.496 e. The van der Waals surface area contributed by atoms with Crippen LogP contribution in [-0.2, 0) is 11.3 Å². The summed E-state index contributed by atoms with van der Waals surface area (Å²) in [5.74, 6) is 3.04. The number of amides is 1. The van der Waals surface area contributed by atoms with Gasteiger partial charge in [-0.1, -0.05) is 72.2 Å². The monoisotopic (exact) mass is 528 g/mol. The van der Waals surface area contributed by atoms with Gasteiger partial charge >= 0.3 is 0 Å². The van der Waals surface area contributed by atoms with E-state index in [2.05, 4.69) is 21.7 Å². The average Bonchev–Trinajstić information content (AvgIpc) is 3.37. The predicted molar refractivity (Wildman–Crippen MR) is 150 cm³/mol.